The maximum Gasteiger partial charge on any atom is 0.262 e. The molecule has 0 aliphatic rings. The Balaban J connectivity index is 1.64. The summed E-state index contributed by atoms with van der Waals surface area (Å²) < 4.78 is 11.1. The highest BCUT2D eigenvalue weighted by molar-refractivity contribution is 5.92. The molecule has 162 valence electrons. The predicted molar refractivity (Wildman–Crippen MR) is 122 cm³/mol. The van der Waals surface area contributed by atoms with Crippen LogP contribution in [-0.4, -0.2) is 25.8 Å². The van der Waals surface area contributed by atoms with Gasteiger partial charge in [0.15, 0.2) is 18.1 Å². The first kappa shape index (κ1) is 22.4. The summed E-state index contributed by atoms with van der Waals surface area (Å²) >= 11 is 0. The lowest BCUT2D eigenvalue weighted by Gasteiger charge is -2.13. The first-order valence-electron chi connectivity index (χ1n) is 9.90. The smallest absolute Gasteiger partial charge is 0.262 e. The highest BCUT2D eigenvalue weighted by atomic mass is 16.6. The highest BCUT2D eigenvalue weighted by Gasteiger charge is 2.12. The minimum absolute atomic E-state index is 0.152. The van der Waals surface area contributed by atoms with Crippen LogP contribution in [0.25, 0.3) is 0 Å². The molecule has 0 saturated heterocycles. The fourth-order valence-electron chi connectivity index (χ4n) is 2.88. The van der Waals surface area contributed by atoms with E-state index in [1.54, 1.807) is 36.4 Å². The number of oxime groups is 1. The second kappa shape index (κ2) is 11.2. The first-order chi connectivity index (χ1) is 15.6. The zero-order valence-corrected chi connectivity index (χ0v) is 17.9. The summed E-state index contributed by atoms with van der Waals surface area (Å²) in [6, 6.07) is 22.0. The number of carbonyl (C=O) groups excluding carboxylic acids is 1. The van der Waals surface area contributed by atoms with Crippen LogP contribution in [0.2, 0.25) is 0 Å². The average Bonchev–Trinajstić information content (AvgIpc) is 2.82. The molecule has 0 spiro atoms. The molecule has 0 saturated carbocycles. The molecule has 1 N–H and O–H groups in total. The number of hydrogen-bond acceptors (Lipinski definition) is 6. The lowest BCUT2D eigenvalue weighted by atomic mass is 10.1. The van der Waals surface area contributed by atoms with E-state index in [-0.39, 0.29) is 19.1 Å². The summed E-state index contributed by atoms with van der Waals surface area (Å²) in [5.41, 5.74) is 3.66. The standard InChI is InChI=1S/C25H23N3O4/c1-18-10-12-22(13-11-18)28-24(29)17-31-25-20(8-5-9-23(25)30-2)15-27-32-16-21-7-4-3-6-19(21)14-26/h3-13,15H,16-17H2,1-2H3,(H,28,29)/b27-15-. The van der Waals surface area contributed by atoms with Crippen LogP contribution < -0.4 is 14.8 Å². The van der Waals surface area contributed by atoms with Crippen LogP contribution in [0.1, 0.15) is 22.3 Å². The molecule has 32 heavy (non-hydrogen) atoms. The van der Waals surface area contributed by atoms with E-state index in [1.165, 1.54) is 13.3 Å². The predicted octanol–water partition coefficient (Wildman–Crippen LogP) is 4.44. The van der Waals surface area contributed by atoms with E-state index in [1.807, 2.05) is 37.3 Å². The summed E-state index contributed by atoms with van der Waals surface area (Å²) in [5, 5.41) is 15.9. The van der Waals surface area contributed by atoms with Crippen molar-refractivity contribution in [1.82, 2.24) is 0 Å². The van der Waals surface area contributed by atoms with Gasteiger partial charge in [-0.2, -0.15) is 5.26 Å². The number of benzene rings is 3. The molecule has 0 bridgehead atoms. The van der Waals surface area contributed by atoms with Gasteiger partial charge in [0.05, 0.1) is 25.0 Å². The number of ether oxygens (including phenoxy) is 2. The third-order valence-electron chi connectivity index (χ3n) is 4.54. The van der Waals surface area contributed by atoms with Crippen molar-refractivity contribution in [2.75, 3.05) is 19.0 Å². The Hall–Kier alpha value is -4.31. The summed E-state index contributed by atoms with van der Waals surface area (Å²) in [6.07, 6.45) is 1.48. The third kappa shape index (κ3) is 6.09. The summed E-state index contributed by atoms with van der Waals surface area (Å²) in [5.74, 6) is 0.540. The van der Waals surface area contributed by atoms with Gasteiger partial charge in [0.1, 0.15) is 6.61 Å². The van der Waals surface area contributed by atoms with Gasteiger partial charge in [-0.15, -0.1) is 0 Å². The number of hydrogen-bond donors (Lipinski definition) is 1. The van der Waals surface area contributed by atoms with Crippen LogP contribution in [0, 0.1) is 18.3 Å². The number of anilines is 1. The molecule has 0 atom stereocenters. The molecule has 7 heteroatoms. The molecule has 0 fully saturated rings. The lowest BCUT2D eigenvalue weighted by Crippen LogP contribution is -2.20. The summed E-state index contributed by atoms with van der Waals surface area (Å²) in [6.45, 7) is 1.93. The van der Waals surface area contributed by atoms with Crippen molar-refractivity contribution in [3.8, 4) is 17.6 Å². The molecule has 7 nitrogen and oxygen atoms in total. The molecule has 0 aromatic heterocycles. The van der Waals surface area contributed by atoms with E-state index in [4.69, 9.17) is 19.6 Å². The average molecular weight is 429 g/mol. The molecule has 3 aromatic carbocycles. The molecule has 0 aliphatic carbocycles. The second-order valence-electron chi connectivity index (χ2n) is 6.86. The Labute approximate surface area is 186 Å². The number of amides is 1. The van der Waals surface area contributed by atoms with Gasteiger partial charge >= 0.3 is 0 Å². The summed E-state index contributed by atoms with van der Waals surface area (Å²) in [4.78, 5) is 17.6. The van der Waals surface area contributed by atoms with Gasteiger partial charge in [0.25, 0.3) is 5.91 Å². The van der Waals surface area contributed by atoms with Gasteiger partial charge in [-0.1, -0.05) is 47.1 Å². The van der Waals surface area contributed by atoms with Crippen LogP contribution in [-0.2, 0) is 16.2 Å². The quantitative estimate of drug-likeness (QED) is 0.401. The monoisotopic (exact) mass is 429 g/mol. The normalized spacial score (nSPS) is 10.4. The number of nitrogens with zero attached hydrogens (tertiary/aromatic N) is 2. The van der Waals surface area contributed by atoms with Crippen LogP contribution in [0.3, 0.4) is 0 Å². The molecule has 0 unspecified atom stereocenters. The Kier molecular flexibility index (Phi) is 7.82. The minimum atomic E-state index is -0.299. The Morgan fingerprint density at radius 1 is 1.09 bits per heavy atom. The maximum atomic E-state index is 12.3. The van der Waals surface area contributed by atoms with Crippen molar-refractivity contribution in [1.29, 1.82) is 5.26 Å². The fourth-order valence-corrected chi connectivity index (χ4v) is 2.88. The molecule has 0 heterocycles. The van der Waals surface area contributed by atoms with Crippen LogP contribution in [0.5, 0.6) is 11.5 Å². The van der Waals surface area contributed by atoms with Crippen molar-refractivity contribution in [3.63, 3.8) is 0 Å². The van der Waals surface area contributed by atoms with E-state index in [2.05, 4.69) is 16.5 Å². The third-order valence-corrected chi connectivity index (χ3v) is 4.54. The van der Waals surface area contributed by atoms with Gasteiger partial charge in [-0.3, -0.25) is 4.79 Å². The Morgan fingerprint density at radius 3 is 2.62 bits per heavy atom. The van der Waals surface area contributed by atoms with Crippen LogP contribution in [0.4, 0.5) is 5.69 Å². The number of para-hydroxylation sites is 1. The molecule has 0 aliphatic heterocycles. The number of nitriles is 1. The molecule has 3 rings (SSSR count). The lowest BCUT2D eigenvalue weighted by molar-refractivity contribution is -0.118. The molecule has 3 aromatic rings. The highest BCUT2D eigenvalue weighted by Crippen LogP contribution is 2.30. The van der Waals surface area contributed by atoms with Crippen molar-refractivity contribution in [2.45, 2.75) is 13.5 Å². The van der Waals surface area contributed by atoms with Gasteiger partial charge in [0.2, 0.25) is 0 Å². The number of aryl methyl sites for hydroxylation is 1. The van der Waals surface area contributed by atoms with Gasteiger partial charge < -0.3 is 19.6 Å². The SMILES string of the molecule is COc1cccc(/C=N\OCc2ccccc2C#N)c1OCC(=O)Nc1ccc(C)cc1. The minimum Gasteiger partial charge on any atom is -0.493 e. The van der Waals surface area contributed by atoms with Gasteiger partial charge in [-0.05, 0) is 37.3 Å². The van der Waals surface area contributed by atoms with Crippen molar-refractivity contribution < 1.29 is 19.1 Å². The zero-order chi connectivity index (χ0) is 22.8. The van der Waals surface area contributed by atoms with E-state index in [9.17, 15) is 4.79 Å². The van der Waals surface area contributed by atoms with Crippen LogP contribution >= 0.6 is 0 Å². The van der Waals surface area contributed by atoms with Crippen molar-refractivity contribution in [2.24, 2.45) is 5.16 Å². The number of carbonyl (C=O) groups is 1. The van der Waals surface area contributed by atoms with Crippen LogP contribution in [0.15, 0.2) is 71.9 Å². The first-order valence-corrected chi connectivity index (χ1v) is 9.90. The van der Waals surface area contributed by atoms with Gasteiger partial charge in [-0.25, -0.2) is 0 Å². The number of methoxy groups -OCH3 is 1. The topological polar surface area (TPSA) is 92.9 Å². The second-order valence-corrected chi connectivity index (χ2v) is 6.86. The Morgan fingerprint density at radius 2 is 1.88 bits per heavy atom. The number of rotatable bonds is 9. The maximum absolute atomic E-state index is 12.3. The molecule has 0 radical (unpaired) electrons. The zero-order valence-electron chi connectivity index (χ0n) is 17.9. The van der Waals surface area contributed by atoms with E-state index in [0.29, 0.717) is 28.3 Å². The Bertz CT molecular complexity index is 1130. The van der Waals surface area contributed by atoms with Gasteiger partial charge in [0, 0.05) is 16.8 Å². The summed E-state index contributed by atoms with van der Waals surface area (Å²) in [7, 11) is 1.52. The van der Waals surface area contributed by atoms with E-state index < -0.39 is 0 Å². The largest absolute Gasteiger partial charge is 0.493 e. The van der Waals surface area contributed by atoms with E-state index >= 15 is 0 Å². The fraction of sp³-hybridized carbons (Fsp3) is 0.160. The van der Waals surface area contributed by atoms with Crippen molar-refractivity contribution >= 4 is 17.8 Å². The number of nitrogens with one attached hydrogen (secondary N) is 1. The van der Waals surface area contributed by atoms with E-state index in [0.717, 1.165) is 11.1 Å². The van der Waals surface area contributed by atoms with Crippen molar-refractivity contribution in [3.05, 3.63) is 89.0 Å². The molecule has 1 amide bonds. The molecular weight excluding hydrogens is 406 g/mol. The molecular formula is C25H23N3O4.